The minimum Gasteiger partial charge on any atom is -0.482 e. The van der Waals surface area contributed by atoms with Crippen molar-refractivity contribution in [1.29, 1.82) is 0 Å². The summed E-state index contributed by atoms with van der Waals surface area (Å²) >= 11 is 0. The summed E-state index contributed by atoms with van der Waals surface area (Å²) in [5, 5.41) is 2.92. The Bertz CT molecular complexity index is 822. The average molecular weight is 383 g/mol. The lowest BCUT2D eigenvalue weighted by Crippen LogP contribution is -2.32. The van der Waals surface area contributed by atoms with Crippen molar-refractivity contribution in [1.82, 2.24) is 0 Å². The van der Waals surface area contributed by atoms with Crippen LogP contribution in [0.25, 0.3) is 0 Å². The van der Waals surface area contributed by atoms with E-state index in [2.05, 4.69) is 5.32 Å². The van der Waals surface area contributed by atoms with Crippen LogP contribution in [-0.2, 0) is 27.2 Å². The second-order valence-electron chi connectivity index (χ2n) is 6.81. The predicted molar refractivity (Wildman–Crippen MR) is 111 cm³/mol. The molecule has 0 fully saturated rings. The molecule has 2 rings (SSSR count). The van der Waals surface area contributed by atoms with E-state index in [0.717, 1.165) is 40.8 Å². The molecule has 1 atom stereocenters. The topological polar surface area (TPSA) is 64.6 Å². The molecule has 0 aliphatic heterocycles. The van der Waals surface area contributed by atoms with E-state index < -0.39 is 12.1 Å². The maximum atomic E-state index is 12.5. The summed E-state index contributed by atoms with van der Waals surface area (Å²) < 4.78 is 10.7. The highest BCUT2D eigenvalue weighted by molar-refractivity contribution is 5.96. The van der Waals surface area contributed by atoms with Crippen LogP contribution in [0.2, 0.25) is 0 Å². The Balaban J connectivity index is 1.93. The van der Waals surface area contributed by atoms with E-state index >= 15 is 0 Å². The summed E-state index contributed by atoms with van der Waals surface area (Å²) in [5.41, 5.74) is 5.17. The number of esters is 1. The van der Waals surface area contributed by atoms with Gasteiger partial charge in [-0.2, -0.15) is 0 Å². The van der Waals surface area contributed by atoms with Gasteiger partial charge in [0.15, 0.2) is 12.7 Å². The number of aryl methyl sites for hydroxylation is 4. The Kier molecular flexibility index (Phi) is 7.61. The first kappa shape index (κ1) is 21.5. The Hall–Kier alpha value is -2.82. The summed E-state index contributed by atoms with van der Waals surface area (Å²) in [6.45, 7) is 9.38. The third kappa shape index (κ3) is 5.59. The van der Waals surface area contributed by atoms with Crippen LogP contribution in [0.15, 0.2) is 36.4 Å². The van der Waals surface area contributed by atoms with Crippen molar-refractivity contribution in [3.63, 3.8) is 0 Å². The van der Waals surface area contributed by atoms with E-state index in [1.807, 2.05) is 58.0 Å². The standard InChI is InChI=1S/C23H29NO4/c1-6-18-9-8-10-19(7-2)22(18)24-23(26)17(5)28-21(25)14-27-20-12-11-15(3)16(4)13-20/h8-13,17H,6-7,14H2,1-5H3,(H,24,26)/t17-/m1/s1. The number of ether oxygens (including phenoxy) is 2. The molecule has 0 aliphatic carbocycles. The van der Waals surface area contributed by atoms with Gasteiger partial charge < -0.3 is 14.8 Å². The van der Waals surface area contributed by atoms with Crippen LogP contribution in [0, 0.1) is 13.8 Å². The van der Waals surface area contributed by atoms with Gasteiger partial charge in [0.1, 0.15) is 5.75 Å². The van der Waals surface area contributed by atoms with Crippen LogP contribution in [-0.4, -0.2) is 24.6 Å². The molecule has 28 heavy (non-hydrogen) atoms. The summed E-state index contributed by atoms with van der Waals surface area (Å²) in [6, 6.07) is 11.6. The molecular weight excluding hydrogens is 354 g/mol. The number of para-hydroxylation sites is 1. The summed E-state index contributed by atoms with van der Waals surface area (Å²) in [7, 11) is 0. The molecule has 0 spiro atoms. The number of hydrogen-bond acceptors (Lipinski definition) is 4. The number of benzene rings is 2. The molecule has 2 aromatic carbocycles. The maximum absolute atomic E-state index is 12.5. The first-order chi connectivity index (χ1) is 13.3. The van der Waals surface area contributed by atoms with Gasteiger partial charge in [0.25, 0.3) is 5.91 Å². The Labute approximate surface area is 167 Å². The maximum Gasteiger partial charge on any atom is 0.344 e. The normalized spacial score (nSPS) is 11.6. The molecule has 0 saturated heterocycles. The predicted octanol–water partition coefficient (Wildman–Crippen LogP) is 4.38. The zero-order chi connectivity index (χ0) is 20.7. The van der Waals surface area contributed by atoms with E-state index in [9.17, 15) is 9.59 Å². The lowest BCUT2D eigenvalue weighted by molar-refractivity contribution is -0.155. The number of amides is 1. The third-order valence-corrected chi connectivity index (χ3v) is 4.76. The van der Waals surface area contributed by atoms with Crippen molar-refractivity contribution >= 4 is 17.6 Å². The van der Waals surface area contributed by atoms with Gasteiger partial charge >= 0.3 is 5.97 Å². The van der Waals surface area contributed by atoms with Gasteiger partial charge in [-0.05, 0) is 68.0 Å². The van der Waals surface area contributed by atoms with E-state index in [4.69, 9.17) is 9.47 Å². The third-order valence-electron chi connectivity index (χ3n) is 4.76. The first-order valence-electron chi connectivity index (χ1n) is 9.66. The molecule has 5 heteroatoms. The first-order valence-corrected chi connectivity index (χ1v) is 9.66. The van der Waals surface area contributed by atoms with Crippen LogP contribution < -0.4 is 10.1 Å². The monoisotopic (exact) mass is 383 g/mol. The largest absolute Gasteiger partial charge is 0.482 e. The highest BCUT2D eigenvalue weighted by atomic mass is 16.6. The number of nitrogens with one attached hydrogen (secondary N) is 1. The van der Waals surface area contributed by atoms with E-state index in [1.54, 1.807) is 13.0 Å². The number of rotatable bonds is 8. The van der Waals surface area contributed by atoms with Gasteiger partial charge in [-0.15, -0.1) is 0 Å². The fraction of sp³-hybridized carbons (Fsp3) is 0.391. The molecule has 2 aromatic rings. The Morgan fingerprint density at radius 1 is 1.00 bits per heavy atom. The molecule has 5 nitrogen and oxygen atoms in total. The van der Waals surface area contributed by atoms with Crippen LogP contribution in [0.1, 0.15) is 43.0 Å². The molecule has 150 valence electrons. The fourth-order valence-electron chi connectivity index (χ4n) is 2.86. The van der Waals surface area contributed by atoms with Gasteiger partial charge in [0.2, 0.25) is 0 Å². The van der Waals surface area contributed by atoms with Crippen LogP contribution in [0.4, 0.5) is 5.69 Å². The fourth-order valence-corrected chi connectivity index (χ4v) is 2.86. The summed E-state index contributed by atoms with van der Waals surface area (Å²) in [5.74, 6) is -0.336. The Morgan fingerprint density at radius 2 is 1.64 bits per heavy atom. The number of carbonyl (C=O) groups is 2. The number of anilines is 1. The van der Waals surface area contributed by atoms with Crippen molar-refractivity contribution in [2.24, 2.45) is 0 Å². The van der Waals surface area contributed by atoms with Gasteiger partial charge in [0, 0.05) is 5.69 Å². The number of hydrogen-bond donors (Lipinski definition) is 1. The zero-order valence-electron chi connectivity index (χ0n) is 17.3. The smallest absolute Gasteiger partial charge is 0.344 e. The lowest BCUT2D eigenvalue weighted by Gasteiger charge is -2.18. The van der Waals surface area contributed by atoms with Crippen molar-refractivity contribution < 1.29 is 19.1 Å². The number of carbonyl (C=O) groups excluding carboxylic acids is 2. The zero-order valence-corrected chi connectivity index (χ0v) is 17.3. The second-order valence-corrected chi connectivity index (χ2v) is 6.81. The highest BCUT2D eigenvalue weighted by Gasteiger charge is 2.20. The quantitative estimate of drug-likeness (QED) is 0.687. The van der Waals surface area contributed by atoms with Crippen molar-refractivity contribution in [3.05, 3.63) is 58.7 Å². The lowest BCUT2D eigenvalue weighted by atomic mass is 10.0. The minimum atomic E-state index is -0.912. The molecule has 0 saturated carbocycles. The molecule has 0 aliphatic rings. The Morgan fingerprint density at radius 3 is 2.21 bits per heavy atom. The van der Waals surface area contributed by atoms with Gasteiger partial charge in [-0.3, -0.25) is 4.79 Å². The van der Waals surface area contributed by atoms with Crippen molar-refractivity contribution in [3.8, 4) is 5.75 Å². The second kappa shape index (κ2) is 9.93. The van der Waals surface area contributed by atoms with Gasteiger partial charge in [-0.25, -0.2) is 4.79 Å². The van der Waals surface area contributed by atoms with E-state index in [-0.39, 0.29) is 12.5 Å². The van der Waals surface area contributed by atoms with Crippen LogP contribution in [0.5, 0.6) is 5.75 Å². The van der Waals surface area contributed by atoms with Crippen molar-refractivity contribution in [2.75, 3.05) is 11.9 Å². The molecule has 0 heterocycles. The SMILES string of the molecule is CCc1cccc(CC)c1NC(=O)[C@@H](C)OC(=O)COc1ccc(C)c(C)c1. The minimum absolute atomic E-state index is 0.244. The summed E-state index contributed by atoms with van der Waals surface area (Å²) in [4.78, 5) is 24.6. The molecular formula is C23H29NO4. The summed E-state index contributed by atoms with van der Waals surface area (Å²) in [6.07, 6.45) is 0.702. The molecule has 0 aromatic heterocycles. The molecule has 0 unspecified atom stereocenters. The van der Waals surface area contributed by atoms with E-state index in [0.29, 0.717) is 5.75 Å². The molecule has 1 N–H and O–H groups in total. The molecule has 1 amide bonds. The van der Waals surface area contributed by atoms with Crippen molar-refractivity contribution in [2.45, 2.75) is 53.6 Å². The van der Waals surface area contributed by atoms with Gasteiger partial charge in [0.05, 0.1) is 0 Å². The molecule has 0 bridgehead atoms. The average Bonchev–Trinajstić information content (AvgIpc) is 2.68. The van der Waals surface area contributed by atoms with Crippen LogP contribution in [0.3, 0.4) is 0 Å². The highest BCUT2D eigenvalue weighted by Crippen LogP contribution is 2.23. The van der Waals surface area contributed by atoms with Crippen LogP contribution >= 0.6 is 0 Å². The van der Waals surface area contributed by atoms with E-state index in [1.165, 1.54) is 0 Å². The van der Waals surface area contributed by atoms with Gasteiger partial charge in [-0.1, -0.05) is 38.1 Å². The molecule has 0 radical (unpaired) electrons.